The van der Waals surface area contributed by atoms with Gasteiger partial charge in [0.2, 0.25) is 10.0 Å². The van der Waals surface area contributed by atoms with Crippen molar-refractivity contribution in [1.29, 1.82) is 0 Å². The number of benzene rings is 1. The third-order valence-corrected chi connectivity index (χ3v) is 6.18. The molecule has 3 rings (SSSR count). The maximum atomic E-state index is 12.6. The van der Waals surface area contributed by atoms with Gasteiger partial charge in [-0.15, -0.1) is 0 Å². The zero-order chi connectivity index (χ0) is 22.6. The normalized spacial score (nSPS) is 14.7. The van der Waals surface area contributed by atoms with E-state index in [0.29, 0.717) is 13.2 Å². The molecule has 2 aromatic rings. The van der Waals surface area contributed by atoms with Crippen LogP contribution in [-0.4, -0.2) is 67.5 Å². The van der Waals surface area contributed by atoms with Gasteiger partial charge in [-0.05, 0) is 24.3 Å². The molecule has 5 N–H and O–H groups in total. The number of ether oxygens (including phenoxy) is 2. The van der Waals surface area contributed by atoms with Crippen LogP contribution in [0.15, 0.2) is 38.8 Å². The molecule has 1 aliphatic heterocycles. The van der Waals surface area contributed by atoms with Gasteiger partial charge in [0, 0.05) is 18.8 Å². The summed E-state index contributed by atoms with van der Waals surface area (Å²) in [6, 6.07) is 5.46. The highest BCUT2D eigenvalue weighted by Crippen LogP contribution is 2.19. The molecule has 1 aromatic carbocycles. The van der Waals surface area contributed by atoms with E-state index < -0.39 is 51.1 Å². The highest BCUT2D eigenvalue weighted by atomic mass is 32.2. The van der Waals surface area contributed by atoms with E-state index >= 15 is 0 Å². The van der Waals surface area contributed by atoms with Crippen molar-refractivity contribution in [1.82, 2.24) is 14.3 Å². The lowest BCUT2D eigenvalue weighted by atomic mass is 10.3. The molecule has 0 spiro atoms. The number of carbonyl (C=O) groups is 2. The number of morpholine rings is 1. The fourth-order valence-corrected chi connectivity index (χ4v) is 4.11. The minimum Gasteiger partial charge on any atom is -0.451 e. The quantitative estimate of drug-likeness (QED) is 0.375. The second kappa shape index (κ2) is 9.11. The highest BCUT2D eigenvalue weighted by molar-refractivity contribution is 7.89. The molecule has 1 amide bonds. The Labute approximate surface area is 175 Å². The number of H-pyrrole nitrogens is 2. The number of nitrogens with two attached hydrogens (primary N) is 1. The maximum absolute atomic E-state index is 12.6. The Hall–Kier alpha value is -3.49. The first-order valence-electron chi connectivity index (χ1n) is 8.95. The molecule has 0 atom stereocenters. The molecular weight excluding hydrogens is 434 g/mol. The molecule has 13 nitrogen and oxygen atoms in total. The lowest BCUT2D eigenvalue weighted by molar-refractivity contribution is -0.119. The van der Waals surface area contributed by atoms with Crippen molar-refractivity contribution in [2.45, 2.75) is 4.90 Å². The second-order valence-electron chi connectivity index (χ2n) is 6.36. The summed E-state index contributed by atoms with van der Waals surface area (Å²) in [6.45, 7) is 0.428. The summed E-state index contributed by atoms with van der Waals surface area (Å²) in [7, 11) is -3.67. The van der Waals surface area contributed by atoms with E-state index in [9.17, 15) is 27.6 Å². The largest absolute Gasteiger partial charge is 0.451 e. The van der Waals surface area contributed by atoms with Gasteiger partial charge in [-0.3, -0.25) is 19.6 Å². The van der Waals surface area contributed by atoms with Gasteiger partial charge in [0.25, 0.3) is 11.5 Å². The Kier molecular flexibility index (Phi) is 6.53. The highest BCUT2D eigenvalue weighted by Gasteiger charge is 2.26. The minimum atomic E-state index is -3.67. The lowest BCUT2D eigenvalue weighted by Crippen LogP contribution is -2.40. The summed E-state index contributed by atoms with van der Waals surface area (Å²) in [5, 5.41) is 2.43. The standard InChI is InChI=1S/C17H19N5O8S/c18-13-14(20-17(26)21-15(13)24)16(25)30-9-12(23)19-10-1-3-11(4-2-10)31(27,28)22-5-7-29-8-6-22/h1-4H,5-9,18H2,(H,19,23)(H2,20,21,24,26). The van der Waals surface area contributed by atoms with Gasteiger partial charge in [0.15, 0.2) is 12.3 Å². The zero-order valence-corrected chi connectivity index (χ0v) is 16.9. The molecule has 0 radical (unpaired) electrons. The van der Waals surface area contributed by atoms with Crippen LogP contribution >= 0.6 is 0 Å². The Morgan fingerprint density at radius 3 is 2.42 bits per heavy atom. The number of nitrogens with one attached hydrogen (secondary N) is 3. The smallest absolute Gasteiger partial charge is 0.357 e. The monoisotopic (exact) mass is 453 g/mol. The first-order valence-corrected chi connectivity index (χ1v) is 10.4. The Balaban J connectivity index is 1.59. The second-order valence-corrected chi connectivity index (χ2v) is 8.30. The summed E-state index contributed by atoms with van der Waals surface area (Å²) in [5.41, 5.74) is 2.64. The van der Waals surface area contributed by atoms with Crippen molar-refractivity contribution < 1.29 is 27.5 Å². The van der Waals surface area contributed by atoms with Crippen LogP contribution in [0.5, 0.6) is 0 Å². The van der Waals surface area contributed by atoms with E-state index in [1.165, 1.54) is 28.6 Å². The van der Waals surface area contributed by atoms with Crippen molar-refractivity contribution in [2.24, 2.45) is 0 Å². The predicted molar refractivity (Wildman–Crippen MR) is 107 cm³/mol. The Morgan fingerprint density at radius 1 is 1.13 bits per heavy atom. The fraction of sp³-hybridized carbons (Fsp3) is 0.294. The number of anilines is 2. The molecule has 166 valence electrons. The number of carbonyl (C=O) groups excluding carboxylic acids is 2. The van der Waals surface area contributed by atoms with Crippen molar-refractivity contribution in [2.75, 3.05) is 44.0 Å². The minimum absolute atomic E-state index is 0.0626. The van der Waals surface area contributed by atoms with Crippen molar-refractivity contribution >= 4 is 33.3 Å². The molecule has 0 unspecified atom stereocenters. The number of rotatable bonds is 6. The van der Waals surface area contributed by atoms with Crippen molar-refractivity contribution in [3.05, 3.63) is 50.8 Å². The predicted octanol–water partition coefficient (Wildman–Crippen LogP) is -1.54. The number of aromatic amines is 2. The molecular formula is C17H19N5O8S. The molecule has 1 saturated heterocycles. The molecule has 31 heavy (non-hydrogen) atoms. The summed E-state index contributed by atoms with van der Waals surface area (Å²) in [5.74, 6) is -1.90. The molecule has 0 aliphatic carbocycles. The van der Waals surface area contributed by atoms with Gasteiger partial charge in [0.05, 0.1) is 18.1 Å². The summed E-state index contributed by atoms with van der Waals surface area (Å²) in [6.07, 6.45) is 0. The maximum Gasteiger partial charge on any atom is 0.357 e. The molecule has 1 fully saturated rings. The van der Waals surface area contributed by atoms with Gasteiger partial charge in [0.1, 0.15) is 5.69 Å². The first kappa shape index (κ1) is 22.2. The number of nitrogen functional groups attached to an aromatic ring is 1. The average molecular weight is 453 g/mol. The van der Waals surface area contributed by atoms with Crippen LogP contribution in [-0.2, 0) is 24.3 Å². The molecule has 1 aromatic heterocycles. The van der Waals surface area contributed by atoms with Crippen molar-refractivity contribution in [3.8, 4) is 0 Å². The number of nitrogens with zero attached hydrogens (tertiary/aromatic N) is 1. The molecule has 0 bridgehead atoms. The number of esters is 1. The molecule has 2 heterocycles. The van der Waals surface area contributed by atoms with Gasteiger partial charge in [-0.1, -0.05) is 0 Å². The van der Waals surface area contributed by atoms with E-state index in [-0.39, 0.29) is 23.7 Å². The topological polar surface area (TPSA) is 194 Å². The van der Waals surface area contributed by atoms with Gasteiger partial charge < -0.3 is 20.5 Å². The summed E-state index contributed by atoms with van der Waals surface area (Å²) >= 11 is 0. The SMILES string of the molecule is Nc1c(C(=O)OCC(=O)Nc2ccc(S(=O)(=O)N3CCOCC3)cc2)[nH]c(=O)[nH]c1=O. The fourth-order valence-electron chi connectivity index (χ4n) is 2.70. The van der Waals surface area contributed by atoms with Crippen LogP contribution in [0.3, 0.4) is 0 Å². The van der Waals surface area contributed by atoms with Gasteiger partial charge in [-0.2, -0.15) is 4.31 Å². The average Bonchev–Trinajstić information content (AvgIpc) is 2.75. The van der Waals surface area contributed by atoms with Crippen LogP contribution in [0, 0.1) is 0 Å². The number of hydrogen-bond donors (Lipinski definition) is 4. The van der Waals surface area contributed by atoms with Gasteiger partial charge in [-0.25, -0.2) is 18.0 Å². The zero-order valence-electron chi connectivity index (χ0n) is 16.0. The number of amides is 1. The van der Waals surface area contributed by atoms with Crippen molar-refractivity contribution in [3.63, 3.8) is 0 Å². The van der Waals surface area contributed by atoms with Crippen LogP contribution in [0.4, 0.5) is 11.4 Å². The van der Waals surface area contributed by atoms with E-state index in [1.807, 2.05) is 9.97 Å². The van der Waals surface area contributed by atoms with Gasteiger partial charge >= 0.3 is 11.7 Å². The van der Waals surface area contributed by atoms with E-state index in [4.69, 9.17) is 15.2 Å². The first-order chi connectivity index (χ1) is 14.7. The number of sulfonamides is 1. The third kappa shape index (κ3) is 5.17. The number of aromatic nitrogens is 2. The summed E-state index contributed by atoms with van der Waals surface area (Å²) in [4.78, 5) is 50.5. The lowest BCUT2D eigenvalue weighted by Gasteiger charge is -2.26. The molecule has 0 saturated carbocycles. The number of hydrogen-bond acceptors (Lipinski definition) is 9. The van der Waals surface area contributed by atoms with E-state index in [0.717, 1.165) is 0 Å². The van der Waals surface area contributed by atoms with E-state index in [2.05, 4.69) is 5.32 Å². The van der Waals surface area contributed by atoms with E-state index in [1.54, 1.807) is 0 Å². The van der Waals surface area contributed by atoms with Crippen LogP contribution < -0.4 is 22.3 Å². The van der Waals surface area contributed by atoms with Crippen LogP contribution in [0.1, 0.15) is 10.5 Å². The Morgan fingerprint density at radius 2 is 1.77 bits per heavy atom. The summed E-state index contributed by atoms with van der Waals surface area (Å²) < 4.78 is 36.4. The third-order valence-electron chi connectivity index (χ3n) is 4.26. The molecule has 1 aliphatic rings. The Bertz CT molecular complexity index is 1200. The van der Waals surface area contributed by atoms with Crippen LogP contribution in [0.2, 0.25) is 0 Å². The van der Waals surface area contributed by atoms with Crippen LogP contribution in [0.25, 0.3) is 0 Å². The molecule has 14 heteroatoms.